The summed E-state index contributed by atoms with van der Waals surface area (Å²) in [5, 5.41) is 2.98. The molecule has 0 aromatic heterocycles. The highest BCUT2D eigenvalue weighted by Gasteiger charge is 2.27. The topological polar surface area (TPSA) is 47.6 Å². The van der Waals surface area contributed by atoms with Gasteiger partial charge in [0.25, 0.3) is 0 Å². The van der Waals surface area contributed by atoms with E-state index >= 15 is 0 Å². The van der Waals surface area contributed by atoms with Gasteiger partial charge in [0.15, 0.2) is 0 Å². The van der Waals surface area contributed by atoms with E-state index in [2.05, 4.69) is 5.32 Å². The molecule has 0 spiro atoms. The Morgan fingerprint density at radius 1 is 1.29 bits per heavy atom. The molecular weight excluding hydrogens is 218 g/mol. The maximum absolute atomic E-state index is 12.0. The van der Waals surface area contributed by atoms with Crippen LogP contribution in [0.1, 0.15) is 39.0 Å². The highest BCUT2D eigenvalue weighted by molar-refractivity contribution is 5.78. The monoisotopic (exact) mass is 243 g/mol. The summed E-state index contributed by atoms with van der Waals surface area (Å²) < 4.78 is 10.5. The summed E-state index contributed by atoms with van der Waals surface area (Å²) in [6.45, 7) is 2.93. The molecule has 1 aliphatic carbocycles. The average molecular weight is 243 g/mol. The molecule has 1 atom stereocenters. The molecule has 0 aromatic carbocycles. The zero-order valence-electron chi connectivity index (χ0n) is 11.3. The molecule has 0 radical (unpaired) electrons. The molecule has 1 fully saturated rings. The molecule has 1 N–H and O–H groups in total. The Hall–Kier alpha value is -0.610. The zero-order valence-corrected chi connectivity index (χ0v) is 11.3. The predicted octanol–water partition coefficient (Wildman–Crippen LogP) is 1.73. The van der Waals surface area contributed by atoms with Gasteiger partial charge >= 0.3 is 0 Å². The molecule has 0 bridgehead atoms. The van der Waals surface area contributed by atoms with Gasteiger partial charge < -0.3 is 14.8 Å². The summed E-state index contributed by atoms with van der Waals surface area (Å²) in [6.07, 6.45) is 5.68. The van der Waals surface area contributed by atoms with Crippen molar-refractivity contribution in [2.24, 2.45) is 5.92 Å². The Labute approximate surface area is 104 Å². The molecule has 1 rings (SSSR count). The van der Waals surface area contributed by atoms with E-state index in [1.165, 1.54) is 19.3 Å². The van der Waals surface area contributed by atoms with Gasteiger partial charge in [0, 0.05) is 26.7 Å². The molecular formula is C13H25NO3. The molecule has 0 heterocycles. The van der Waals surface area contributed by atoms with Crippen molar-refractivity contribution in [3.8, 4) is 0 Å². The van der Waals surface area contributed by atoms with Crippen molar-refractivity contribution in [1.82, 2.24) is 5.32 Å². The standard InChI is InChI=1S/C13H25NO3/c1-13(17-3,10-16-2)9-14-12(15)11-7-5-4-6-8-11/h11H,4-10H2,1-3H3,(H,14,15). The number of methoxy groups -OCH3 is 2. The van der Waals surface area contributed by atoms with E-state index in [1.54, 1.807) is 14.2 Å². The average Bonchev–Trinajstić information content (AvgIpc) is 2.37. The molecule has 1 unspecified atom stereocenters. The SMILES string of the molecule is COCC(C)(CNC(=O)C1CCCCC1)OC. The lowest BCUT2D eigenvalue weighted by molar-refractivity contribution is -0.128. The first-order valence-corrected chi connectivity index (χ1v) is 6.43. The fourth-order valence-electron chi connectivity index (χ4n) is 2.27. The van der Waals surface area contributed by atoms with Gasteiger partial charge in [0.2, 0.25) is 5.91 Å². The summed E-state index contributed by atoms with van der Waals surface area (Å²) in [5.41, 5.74) is -0.431. The minimum atomic E-state index is -0.431. The third kappa shape index (κ3) is 4.64. The maximum Gasteiger partial charge on any atom is 0.223 e. The summed E-state index contributed by atoms with van der Waals surface area (Å²) in [7, 11) is 3.28. The van der Waals surface area contributed by atoms with Crippen LogP contribution in [-0.2, 0) is 14.3 Å². The fourth-order valence-corrected chi connectivity index (χ4v) is 2.27. The number of rotatable bonds is 6. The van der Waals surface area contributed by atoms with Crippen LogP contribution in [0.15, 0.2) is 0 Å². The van der Waals surface area contributed by atoms with E-state index in [0.29, 0.717) is 13.2 Å². The number of carbonyl (C=O) groups excluding carboxylic acids is 1. The van der Waals surface area contributed by atoms with Crippen molar-refractivity contribution in [2.75, 3.05) is 27.4 Å². The third-order valence-corrected chi connectivity index (χ3v) is 3.55. The zero-order chi connectivity index (χ0) is 12.7. The van der Waals surface area contributed by atoms with Gasteiger partial charge in [0.05, 0.1) is 6.61 Å². The number of carbonyl (C=O) groups is 1. The number of hydrogen-bond donors (Lipinski definition) is 1. The molecule has 4 heteroatoms. The van der Waals surface area contributed by atoms with Crippen LogP contribution < -0.4 is 5.32 Å². The van der Waals surface area contributed by atoms with Crippen molar-refractivity contribution in [3.63, 3.8) is 0 Å². The largest absolute Gasteiger partial charge is 0.382 e. The van der Waals surface area contributed by atoms with Crippen LogP contribution in [-0.4, -0.2) is 38.9 Å². The summed E-state index contributed by atoms with van der Waals surface area (Å²) in [4.78, 5) is 12.0. The van der Waals surface area contributed by atoms with Crippen LogP contribution in [0.25, 0.3) is 0 Å². The fraction of sp³-hybridized carbons (Fsp3) is 0.923. The summed E-state index contributed by atoms with van der Waals surface area (Å²) >= 11 is 0. The Balaban J connectivity index is 2.35. The minimum Gasteiger partial charge on any atom is -0.382 e. The lowest BCUT2D eigenvalue weighted by atomic mass is 9.88. The molecule has 1 saturated carbocycles. The van der Waals surface area contributed by atoms with E-state index < -0.39 is 5.60 Å². The van der Waals surface area contributed by atoms with Crippen molar-refractivity contribution in [2.45, 2.75) is 44.6 Å². The number of amides is 1. The van der Waals surface area contributed by atoms with E-state index in [4.69, 9.17) is 9.47 Å². The van der Waals surface area contributed by atoms with Crippen molar-refractivity contribution in [1.29, 1.82) is 0 Å². The normalized spacial score (nSPS) is 20.9. The first-order valence-electron chi connectivity index (χ1n) is 6.43. The third-order valence-electron chi connectivity index (χ3n) is 3.55. The number of hydrogen-bond acceptors (Lipinski definition) is 3. The van der Waals surface area contributed by atoms with Crippen LogP contribution in [0.2, 0.25) is 0 Å². The molecule has 0 saturated heterocycles. The lowest BCUT2D eigenvalue weighted by Gasteiger charge is -2.29. The van der Waals surface area contributed by atoms with Crippen LogP contribution in [0.5, 0.6) is 0 Å². The van der Waals surface area contributed by atoms with E-state index in [1.807, 2.05) is 6.92 Å². The Kier molecular flexibility index (Phi) is 5.92. The van der Waals surface area contributed by atoms with Crippen molar-refractivity contribution in [3.05, 3.63) is 0 Å². The van der Waals surface area contributed by atoms with Crippen molar-refractivity contribution < 1.29 is 14.3 Å². The van der Waals surface area contributed by atoms with Crippen LogP contribution in [0.4, 0.5) is 0 Å². The van der Waals surface area contributed by atoms with Gasteiger partial charge in [-0.1, -0.05) is 19.3 Å². The van der Waals surface area contributed by atoms with E-state index in [-0.39, 0.29) is 11.8 Å². The van der Waals surface area contributed by atoms with Gasteiger partial charge in [-0.25, -0.2) is 0 Å². The van der Waals surface area contributed by atoms with E-state index in [9.17, 15) is 4.79 Å². The van der Waals surface area contributed by atoms with Gasteiger partial charge in [-0.05, 0) is 19.8 Å². The second-order valence-electron chi connectivity index (χ2n) is 5.14. The quantitative estimate of drug-likeness (QED) is 0.773. The second kappa shape index (κ2) is 6.97. The molecule has 0 aromatic rings. The smallest absolute Gasteiger partial charge is 0.223 e. The molecule has 100 valence electrons. The highest BCUT2D eigenvalue weighted by atomic mass is 16.5. The maximum atomic E-state index is 12.0. The van der Waals surface area contributed by atoms with Crippen molar-refractivity contribution >= 4 is 5.91 Å². The minimum absolute atomic E-state index is 0.170. The van der Waals surface area contributed by atoms with Crippen LogP contribution in [0.3, 0.4) is 0 Å². The number of ether oxygens (including phenoxy) is 2. The molecule has 4 nitrogen and oxygen atoms in total. The number of nitrogens with one attached hydrogen (secondary N) is 1. The summed E-state index contributed by atoms with van der Waals surface area (Å²) in [6, 6.07) is 0. The Bertz CT molecular complexity index is 239. The lowest BCUT2D eigenvalue weighted by Crippen LogP contribution is -2.47. The van der Waals surface area contributed by atoms with Crippen LogP contribution in [0, 0.1) is 5.92 Å². The summed E-state index contributed by atoms with van der Waals surface area (Å²) in [5.74, 6) is 0.372. The molecule has 1 amide bonds. The van der Waals surface area contributed by atoms with E-state index in [0.717, 1.165) is 12.8 Å². The van der Waals surface area contributed by atoms with Gasteiger partial charge in [-0.3, -0.25) is 4.79 Å². The molecule has 0 aliphatic heterocycles. The Morgan fingerprint density at radius 2 is 1.94 bits per heavy atom. The predicted molar refractivity (Wildman–Crippen MR) is 66.9 cm³/mol. The van der Waals surface area contributed by atoms with Crippen LogP contribution >= 0.6 is 0 Å². The van der Waals surface area contributed by atoms with Gasteiger partial charge in [0.1, 0.15) is 5.60 Å². The van der Waals surface area contributed by atoms with Gasteiger partial charge in [-0.15, -0.1) is 0 Å². The first-order chi connectivity index (χ1) is 8.11. The van der Waals surface area contributed by atoms with Gasteiger partial charge in [-0.2, -0.15) is 0 Å². The second-order valence-corrected chi connectivity index (χ2v) is 5.14. The molecule has 17 heavy (non-hydrogen) atoms. The highest BCUT2D eigenvalue weighted by Crippen LogP contribution is 2.23. The Morgan fingerprint density at radius 3 is 2.47 bits per heavy atom. The molecule has 1 aliphatic rings. The first kappa shape index (κ1) is 14.5.